The zero-order valence-electron chi connectivity index (χ0n) is 18.0. The first-order valence-electron chi connectivity index (χ1n) is 10.4. The average molecular weight is 438 g/mol. The van der Waals surface area contributed by atoms with Gasteiger partial charge in [-0.2, -0.15) is 0 Å². The summed E-state index contributed by atoms with van der Waals surface area (Å²) in [4.78, 5) is 23.1. The van der Waals surface area contributed by atoms with Crippen molar-refractivity contribution >= 4 is 28.7 Å². The number of nitrogens with zero attached hydrogens (tertiary/aromatic N) is 3. The molecule has 1 aromatic carbocycles. The molecule has 31 heavy (non-hydrogen) atoms. The molecular formula is C24H27N3O3S. The van der Waals surface area contributed by atoms with Crippen molar-refractivity contribution in [1.29, 1.82) is 0 Å². The molecule has 6 nitrogen and oxygen atoms in total. The predicted molar refractivity (Wildman–Crippen MR) is 124 cm³/mol. The molecule has 3 aromatic rings. The first-order chi connectivity index (χ1) is 15.0. The van der Waals surface area contributed by atoms with Crippen LogP contribution in [0.2, 0.25) is 0 Å². The Kier molecular flexibility index (Phi) is 6.53. The number of benzene rings is 1. The van der Waals surface area contributed by atoms with Gasteiger partial charge in [-0.1, -0.05) is 6.07 Å². The Bertz CT molecular complexity index is 980. The van der Waals surface area contributed by atoms with E-state index < -0.39 is 0 Å². The fourth-order valence-electron chi connectivity index (χ4n) is 3.82. The average Bonchev–Trinajstić information content (AvgIpc) is 3.30. The Morgan fingerprint density at radius 3 is 2.48 bits per heavy atom. The van der Waals surface area contributed by atoms with Crippen molar-refractivity contribution in [2.75, 3.05) is 30.0 Å². The van der Waals surface area contributed by atoms with Gasteiger partial charge in [0.15, 0.2) is 0 Å². The Balaban J connectivity index is 1.57. The maximum atomic E-state index is 13.4. The highest BCUT2D eigenvalue weighted by Gasteiger charge is 2.24. The lowest BCUT2D eigenvalue weighted by Gasteiger charge is -2.36. The molecule has 2 atom stereocenters. The van der Waals surface area contributed by atoms with Gasteiger partial charge in [0.05, 0.1) is 31.4 Å². The molecule has 1 amide bonds. The number of morpholine rings is 1. The molecular weight excluding hydrogens is 410 g/mol. The summed E-state index contributed by atoms with van der Waals surface area (Å²) in [6.45, 7) is 6.22. The van der Waals surface area contributed by atoms with E-state index in [2.05, 4.69) is 23.7 Å². The Labute approximate surface area is 187 Å². The molecule has 1 aliphatic heterocycles. The molecule has 0 saturated carbocycles. The van der Waals surface area contributed by atoms with Crippen LogP contribution in [0.3, 0.4) is 0 Å². The number of carbonyl (C=O) groups excluding carboxylic acids is 1. The van der Waals surface area contributed by atoms with Crippen molar-refractivity contribution in [1.82, 2.24) is 4.98 Å². The highest BCUT2D eigenvalue weighted by atomic mass is 32.1. The summed E-state index contributed by atoms with van der Waals surface area (Å²) in [7, 11) is 1.63. The van der Waals surface area contributed by atoms with Gasteiger partial charge >= 0.3 is 0 Å². The van der Waals surface area contributed by atoms with Crippen molar-refractivity contribution < 1.29 is 14.3 Å². The third kappa shape index (κ3) is 5.06. The normalized spacial score (nSPS) is 18.6. The topological polar surface area (TPSA) is 54.9 Å². The van der Waals surface area contributed by atoms with Crippen molar-refractivity contribution in [3.05, 3.63) is 70.5 Å². The molecule has 1 aliphatic rings. The lowest BCUT2D eigenvalue weighted by Crippen LogP contribution is -2.45. The lowest BCUT2D eigenvalue weighted by molar-refractivity contribution is -0.00546. The molecule has 0 N–H and O–H groups in total. The van der Waals surface area contributed by atoms with E-state index in [1.807, 2.05) is 53.9 Å². The predicted octanol–water partition coefficient (Wildman–Crippen LogP) is 4.61. The largest absolute Gasteiger partial charge is 0.497 e. The molecule has 0 bridgehead atoms. The van der Waals surface area contributed by atoms with E-state index in [9.17, 15) is 4.79 Å². The van der Waals surface area contributed by atoms with Crippen molar-refractivity contribution in [3.8, 4) is 5.75 Å². The van der Waals surface area contributed by atoms with Crippen molar-refractivity contribution in [3.63, 3.8) is 0 Å². The number of pyridine rings is 1. The number of amides is 1. The number of rotatable bonds is 6. The van der Waals surface area contributed by atoms with Crippen LogP contribution in [0.25, 0.3) is 0 Å². The standard InChI is InChI=1S/C24H27N3O3S/c1-17-14-26(15-18(2)30-17)23-11-6-19(13-25-23)24(28)27(16-22-5-4-12-31-22)20-7-9-21(29-3)10-8-20/h4-13,17-18H,14-16H2,1-3H3. The molecule has 0 spiro atoms. The van der Waals surface area contributed by atoms with Crippen LogP contribution in [-0.2, 0) is 11.3 Å². The fraction of sp³-hybridized carbons (Fsp3) is 0.333. The smallest absolute Gasteiger partial charge is 0.260 e. The summed E-state index contributed by atoms with van der Waals surface area (Å²) in [5.74, 6) is 1.54. The first kappa shape index (κ1) is 21.3. The SMILES string of the molecule is COc1ccc(N(Cc2cccs2)C(=O)c2ccc(N3CC(C)OC(C)C3)nc2)cc1. The molecule has 4 rings (SSSR count). The van der Waals surface area contributed by atoms with E-state index in [-0.39, 0.29) is 18.1 Å². The van der Waals surface area contributed by atoms with Crippen LogP contribution in [-0.4, -0.2) is 43.3 Å². The van der Waals surface area contributed by atoms with Gasteiger partial charge in [0.1, 0.15) is 11.6 Å². The zero-order valence-corrected chi connectivity index (χ0v) is 18.8. The maximum absolute atomic E-state index is 13.4. The van der Waals surface area contributed by atoms with Crippen LogP contribution in [0.4, 0.5) is 11.5 Å². The summed E-state index contributed by atoms with van der Waals surface area (Å²) < 4.78 is 11.1. The highest BCUT2D eigenvalue weighted by molar-refractivity contribution is 7.09. The number of anilines is 2. The molecule has 2 aromatic heterocycles. The molecule has 162 valence electrons. The molecule has 0 aliphatic carbocycles. The minimum atomic E-state index is -0.0821. The number of hydrogen-bond donors (Lipinski definition) is 0. The number of aromatic nitrogens is 1. The van der Waals surface area contributed by atoms with Crippen LogP contribution in [0.5, 0.6) is 5.75 Å². The zero-order chi connectivity index (χ0) is 21.8. The van der Waals surface area contributed by atoms with Crippen LogP contribution in [0.1, 0.15) is 29.1 Å². The first-order valence-corrected chi connectivity index (χ1v) is 11.3. The van der Waals surface area contributed by atoms with Gasteiger partial charge < -0.3 is 19.3 Å². The van der Waals surface area contributed by atoms with E-state index >= 15 is 0 Å². The van der Waals surface area contributed by atoms with Gasteiger partial charge in [0.25, 0.3) is 5.91 Å². The number of ether oxygens (including phenoxy) is 2. The summed E-state index contributed by atoms with van der Waals surface area (Å²) >= 11 is 1.64. The van der Waals surface area contributed by atoms with E-state index in [1.54, 1.807) is 29.5 Å². The van der Waals surface area contributed by atoms with Crippen molar-refractivity contribution in [2.24, 2.45) is 0 Å². The van der Waals surface area contributed by atoms with E-state index in [0.717, 1.165) is 35.2 Å². The van der Waals surface area contributed by atoms with Gasteiger partial charge in [0, 0.05) is 29.9 Å². The molecule has 1 saturated heterocycles. The van der Waals surface area contributed by atoms with E-state index in [4.69, 9.17) is 9.47 Å². The highest BCUT2D eigenvalue weighted by Crippen LogP contribution is 2.25. The summed E-state index contributed by atoms with van der Waals surface area (Å²) in [5.41, 5.74) is 1.38. The van der Waals surface area contributed by atoms with Crippen LogP contribution in [0.15, 0.2) is 60.1 Å². The second-order valence-corrected chi connectivity index (χ2v) is 8.77. The minimum absolute atomic E-state index is 0.0821. The third-order valence-electron chi connectivity index (χ3n) is 5.26. The fourth-order valence-corrected chi connectivity index (χ4v) is 4.51. The van der Waals surface area contributed by atoms with Gasteiger partial charge in [-0.15, -0.1) is 11.3 Å². The van der Waals surface area contributed by atoms with Gasteiger partial charge in [-0.05, 0) is 61.7 Å². The lowest BCUT2D eigenvalue weighted by atomic mass is 10.2. The number of thiophene rings is 1. The van der Waals surface area contributed by atoms with E-state index in [0.29, 0.717) is 12.1 Å². The molecule has 1 fully saturated rings. The quantitative estimate of drug-likeness (QED) is 0.564. The monoisotopic (exact) mass is 437 g/mol. The van der Waals surface area contributed by atoms with E-state index in [1.165, 1.54) is 0 Å². The summed E-state index contributed by atoms with van der Waals surface area (Å²) in [6, 6.07) is 15.4. The third-order valence-corrected chi connectivity index (χ3v) is 6.12. The summed E-state index contributed by atoms with van der Waals surface area (Å²) in [5, 5.41) is 2.02. The number of carbonyl (C=O) groups is 1. The summed E-state index contributed by atoms with van der Waals surface area (Å²) in [6.07, 6.45) is 1.99. The van der Waals surface area contributed by atoms with Crippen molar-refractivity contribution in [2.45, 2.75) is 32.6 Å². The molecule has 2 unspecified atom stereocenters. The maximum Gasteiger partial charge on any atom is 0.260 e. The Morgan fingerprint density at radius 1 is 1.16 bits per heavy atom. The van der Waals surface area contributed by atoms with Gasteiger partial charge in [-0.25, -0.2) is 4.98 Å². The van der Waals surface area contributed by atoms with Gasteiger partial charge in [-0.3, -0.25) is 4.79 Å². The second kappa shape index (κ2) is 9.49. The van der Waals surface area contributed by atoms with Crippen LogP contribution < -0.4 is 14.5 Å². The van der Waals surface area contributed by atoms with Crippen LogP contribution in [0, 0.1) is 0 Å². The molecule has 3 heterocycles. The Hall–Kier alpha value is -2.90. The van der Waals surface area contributed by atoms with Gasteiger partial charge in [0.2, 0.25) is 0 Å². The second-order valence-electron chi connectivity index (χ2n) is 7.74. The number of methoxy groups -OCH3 is 1. The van der Waals surface area contributed by atoms with Crippen LogP contribution >= 0.6 is 11.3 Å². The number of hydrogen-bond acceptors (Lipinski definition) is 6. The Morgan fingerprint density at radius 2 is 1.90 bits per heavy atom. The minimum Gasteiger partial charge on any atom is -0.497 e. The molecule has 7 heteroatoms. The molecule has 0 radical (unpaired) electrons.